The molecule has 1 aromatic heterocycles. The second kappa shape index (κ2) is 8.49. The number of carbonyl (C=O) groups is 1. The number of amides is 1. The first-order chi connectivity index (χ1) is 13.1. The van der Waals surface area contributed by atoms with Crippen LogP contribution in [0.25, 0.3) is 5.69 Å². The summed E-state index contributed by atoms with van der Waals surface area (Å²) in [6, 6.07) is 13.8. The summed E-state index contributed by atoms with van der Waals surface area (Å²) >= 11 is 0. The van der Waals surface area contributed by atoms with Gasteiger partial charge in [-0.15, -0.1) is 0 Å². The van der Waals surface area contributed by atoms with Crippen molar-refractivity contribution < 1.29 is 13.9 Å². The molecule has 0 aliphatic carbocycles. The number of aromatic nitrogens is 2. The SMILES string of the molecule is COc1ccc(CCC(C)NC(=O)c2cncn2-c2ccc(F)cc2)cc1. The zero-order valence-corrected chi connectivity index (χ0v) is 15.4. The molecule has 0 aliphatic heterocycles. The Morgan fingerprint density at radius 2 is 1.89 bits per heavy atom. The van der Waals surface area contributed by atoms with Crippen LogP contribution in [0, 0.1) is 5.82 Å². The van der Waals surface area contributed by atoms with E-state index in [2.05, 4.69) is 10.3 Å². The van der Waals surface area contributed by atoms with Crippen LogP contribution >= 0.6 is 0 Å². The summed E-state index contributed by atoms with van der Waals surface area (Å²) in [4.78, 5) is 16.7. The number of methoxy groups -OCH3 is 1. The van der Waals surface area contributed by atoms with Gasteiger partial charge in [-0.25, -0.2) is 9.37 Å². The molecule has 1 amide bonds. The number of aryl methyl sites for hydroxylation is 1. The Labute approximate surface area is 157 Å². The molecule has 140 valence electrons. The molecule has 6 heteroatoms. The van der Waals surface area contributed by atoms with Gasteiger partial charge in [0, 0.05) is 11.7 Å². The van der Waals surface area contributed by atoms with Crippen LogP contribution in [0.2, 0.25) is 0 Å². The van der Waals surface area contributed by atoms with Gasteiger partial charge in [-0.1, -0.05) is 12.1 Å². The summed E-state index contributed by atoms with van der Waals surface area (Å²) in [5.41, 5.74) is 2.29. The molecule has 3 aromatic rings. The lowest BCUT2D eigenvalue weighted by Crippen LogP contribution is -2.34. The van der Waals surface area contributed by atoms with E-state index in [1.165, 1.54) is 23.9 Å². The minimum atomic E-state index is -0.322. The van der Waals surface area contributed by atoms with Crippen molar-refractivity contribution in [2.75, 3.05) is 7.11 Å². The Kier molecular flexibility index (Phi) is 5.86. The topological polar surface area (TPSA) is 56.1 Å². The molecule has 0 bridgehead atoms. The fraction of sp³-hybridized carbons (Fsp3) is 0.238. The van der Waals surface area contributed by atoms with Gasteiger partial charge in [0.2, 0.25) is 0 Å². The molecule has 0 aliphatic rings. The molecule has 0 saturated carbocycles. The highest BCUT2D eigenvalue weighted by Crippen LogP contribution is 2.15. The maximum absolute atomic E-state index is 13.1. The molecule has 5 nitrogen and oxygen atoms in total. The van der Waals surface area contributed by atoms with Crippen molar-refractivity contribution in [2.45, 2.75) is 25.8 Å². The Morgan fingerprint density at radius 3 is 2.56 bits per heavy atom. The van der Waals surface area contributed by atoms with Gasteiger partial charge in [0.25, 0.3) is 5.91 Å². The molecule has 27 heavy (non-hydrogen) atoms. The number of rotatable bonds is 7. The first kappa shape index (κ1) is 18.6. The molecule has 1 heterocycles. The summed E-state index contributed by atoms with van der Waals surface area (Å²) < 4.78 is 19.9. The summed E-state index contributed by atoms with van der Waals surface area (Å²) in [6.45, 7) is 1.97. The summed E-state index contributed by atoms with van der Waals surface area (Å²) in [5, 5.41) is 3.00. The van der Waals surface area contributed by atoms with E-state index in [-0.39, 0.29) is 17.8 Å². The number of nitrogens with zero attached hydrogens (tertiary/aromatic N) is 2. The minimum absolute atomic E-state index is 0.00355. The summed E-state index contributed by atoms with van der Waals surface area (Å²) in [7, 11) is 1.64. The van der Waals surface area contributed by atoms with Gasteiger partial charge in [0.15, 0.2) is 0 Å². The van der Waals surface area contributed by atoms with E-state index in [1.54, 1.807) is 30.1 Å². The van der Waals surface area contributed by atoms with Crippen LogP contribution in [0.4, 0.5) is 4.39 Å². The van der Waals surface area contributed by atoms with E-state index in [9.17, 15) is 9.18 Å². The first-order valence-electron chi connectivity index (χ1n) is 8.79. The van der Waals surface area contributed by atoms with Crippen LogP contribution in [-0.4, -0.2) is 28.6 Å². The molecule has 3 rings (SSSR count). The number of hydrogen-bond acceptors (Lipinski definition) is 3. The van der Waals surface area contributed by atoms with Crippen molar-refractivity contribution in [2.24, 2.45) is 0 Å². The minimum Gasteiger partial charge on any atom is -0.497 e. The lowest BCUT2D eigenvalue weighted by atomic mass is 10.1. The Bertz CT molecular complexity index is 889. The number of ether oxygens (including phenoxy) is 1. The third kappa shape index (κ3) is 4.73. The predicted octanol–water partition coefficient (Wildman–Crippen LogP) is 3.77. The average molecular weight is 367 g/mol. The highest BCUT2D eigenvalue weighted by atomic mass is 19.1. The fourth-order valence-corrected chi connectivity index (χ4v) is 2.82. The van der Waals surface area contributed by atoms with Crippen molar-refractivity contribution in [1.29, 1.82) is 0 Å². The molecule has 0 spiro atoms. The molecular weight excluding hydrogens is 345 g/mol. The summed E-state index contributed by atoms with van der Waals surface area (Å²) in [6.07, 6.45) is 4.71. The van der Waals surface area contributed by atoms with Crippen molar-refractivity contribution in [3.8, 4) is 11.4 Å². The molecule has 2 aromatic carbocycles. The van der Waals surface area contributed by atoms with Crippen LogP contribution < -0.4 is 10.1 Å². The van der Waals surface area contributed by atoms with Crippen LogP contribution in [0.3, 0.4) is 0 Å². The van der Waals surface area contributed by atoms with E-state index < -0.39 is 0 Å². The standard InChI is InChI=1S/C21H22FN3O2/c1-15(3-4-16-5-11-19(27-2)12-6-16)24-21(26)20-13-23-14-25(20)18-9-7-17(22)8-10-18/h5-15H,3-4H2,1-2H3,(H,24,26). The van der Waals surface area contributed by atoms with Crippen LogP contribution in [0.15, 0.2) is 61.1 Å². The predicted molar refractivity (Wildman–Crippen MR) is 102 cm³/mol. The Morgan fingerprint density at radius 1 is 1.19 bits per heavy atom. The second-order valence-electron chi connectivity index (χ2n) is 6.39. The van der Waals surface area contributed by atoms with E-state index in [4.69, 9.17) is 4.74 Å². The van der Waals surface area contributed by atoms with Gasteiger partial charge in [0.05, 0.1) is 19.6 Å². The van der Waals surface area contributed by atoms with Crippen molar-refractivity contribution in [1.82, 2.24) is 14.9 Å². The van der Waals surface area contributed by atoms with E-state index in [1.807, 2.05) is 31.2 Å². The Balaban J connectivity index is 1.60. The second-order valence-corrected chi connectivity index (χ2v) is 6.39. The highest BCUT2D eigenvalue weighted by molar-refractivity contribution is 5.93. The molecule has 0 saturated heterocycles. The van der Waals surface area contributed by atoms with Gasteiger partial charge < -0.3 is 10.1 Å². The fourth-order valence-electron chi connectivity index (χ4n) is 2.82. The normalized spacial score (nSPS) is 11.8. The van der Waals surface area contributed by atoms with Crippen LogP contribution in [0.5, 0.6) is 5.75 Å². The van der Waals surface area contributed by atoms with Crippen LogP contribution in [-0.2, 0) is 6.42 Å². The average Bonchev–Trinajstić information content (AvgIpc) is 3.17. The number of carbonyl (C=O) groups excluding carboxylic acids is 1. The largest absolute Gasteiger partial charge is 0.497 e. The van der Waals surface area contributed by atoms with E-state index >= 15 is 0 Å². The maximum atomic E-state index is 13.1. The molecule has 1 atom stereocenters. The molecule has 1 N–H and O–H groups in total. The number of hydrogen-bond donors (Lipinski definition) is 1. The number of imidazole rings is 1. The lowest BCUT2D eigenvalue weighted by molar-refractivity contribution is 0.0931. The van der Waals surface area contributed by atoms with Gasteiger partial charge in [0.1, 0.15) is 17.3 Å². The quantitative estimate of drug-likeness (QED) is 0.692. The van der Waals surface area contributed by atoms with Gasteiger partial charge in [-0.2, -0.15) is 0 Å². The van der Waals surface area contributed by atoms with Crippen molar-refractivity contribution >= 4 is 5.91 Å². The van der Waals surface area contributed by atoms with Crippen molar-refractivity contribution in [3.05, 3.63) is 78.1 Å². The molecule has 0 fully saturated rings. The zero-order chi connectivity index (χ0) is 19.2. The lowest BCUT2D eigenvalue weighted by Gasteiger charge is -2.15. The highest BCUT2D eigenvalue weighted by Gasteiger charge is 2.15. The first-order valence-corrected chi connectivity index (χ1v) is 8.79. The monoisotopic (exact) mass is 367 g/mol. The smallest absolute Gasteiger partial charge is 0.270 e. The number of halogens is 1. The third-order valence-corrected chi connectivity index (χ3v) is 4.38. The van der Waals surface area contributed by atoms with Gasteiger partial charge in [-0.3, -0.25) is 9.36 Å². The zero-order valence-electron chi connectivity index (χ0n) is 15.4. The summed E-state index contributed by atoms with van der Waals surface area (Å²) in [5.74, 6) is 0.297. The number of nitrogens with one attached hydrogen (secondary N) is 1. The number of benzene rings is 2. The third-order valence-electron chi connectivity index (χ3n) is 4.38. The molecular formula is C21H22FN3O2. The Hall–Kier alpha value is -3.15. The van der Waals surface area contributed by atoms with E-state index in [0.717, 1.165) is 18.6 Å². The maximum Gasteiger partial charge on any atom is 0.270 e. The molecule has 1 unspecified atom stereocenters. The van der Waals surface area contributed by atoms with Crippen LogP contribution in [0.1, 0.15) is 29.4 Å². The van der Waals surface area contributed by atoms with Crippen molar-refractivity contribution in [3.63, 3.8) is 0 Å². The molecule has 0 radical (unpaired) electrons. The van der Waals surface area contributed by atoms with E-state index in [0.29, 0.717) is 11.4 Å². The van der Waals surface area contributed by atoms with Gasteiger partial charge in [-0.05, 0) is 61.7 Å². The van der Waals surface area contributed by atoms with Gasteiger partial charge >= 0.3 is 0 Å².